The third-order valence-corrected chi connectivity index (χ3v) is 11.0. The van der Waals surface area contributed by atoms with Crippen LogP contribution in [0.5, 0.6) is 0 Å². The zero-order valence-electron chi connectivity index (χ0n) is 20.5. The van der Waals surface area contributed by atoms with E-state index in [1.54, 1.807) is 12.1 Å². The number of ether oxygens (including phenoxy) is 4. The highest BCUT2D eigenvalue weighted by Crippen LogP contribution is 2.53. The monoisotopic (exact) mass is 542 g/mol. The van der Waals surface area contributed by atoms with Gasteiger partial charge in [0.2, 0.25) is 25.1 Å². The summed E-state index contributed by atoms with van der Waals surface area (Å²) in [5, 5.41) is 23.7. The average molecular weight is 543 g/mol. The average Bonchev–Trinajstić information content (AvgIpc) is 3.08. The number of hydrogen-bond donors (Lipinski definition) is 2. The van der Waals surface area contributed by atoms with Crippen molar-refractivity contribution in [3.8, 4) is 0 Å². The van der Waals surface area contributed by atoms with Crippen LogP contribution >= 0.6 is 0 Å². The normalized spacial score (nSPS) is 31.1. The largest absolute Gasteiger partial charge is 0.372 e. The lowest BCUT2D eigenvalue weighted by Gasteiger charge is -2.44. The molecule has 198 valence electrons. The van der Waals surface area contributed by atoms with Crippen LogP contribution in [-0.4, -0.2) is 74.9 Å². The van der Waals surface area contributed by atoms with Crippen molar-refractivity contribution in [1.29, 1.82) is 0 Å². The second-order valence-corrected chi connectivity index (χ2v) is 13.5. The molecule has 0 spiro atoms. The van der Waals surface area contributed by atoms with Crippen LogP contribution in [0.3, 0.4) is 0 Å². The van der Waals surface area contributed by atoms with Gasteiger partial charge >= 0.3 is 0 Å². The molecule has 0 radical (unpaired) electrons. The molecule has 2 heterocycles. The third kappa shape index (κ3) is 3.74. The minimum Gasteiger partial charge on any atom is -0.372 e. The molecule has 12 heteroatoms. The van der Waals surface area contributed by atoms with E-state index >= 15 is 0 Å². The van der Waals surface area contributed by atoms with E-state index in [-0.39, 0.29) is 22.0 Å². The van der Waals surface area contributed by atoms with Gasteiger partial charge in [-0.05, 0) is 51.0 Å². The van der Waals surface area contributed by atoms with Gasteiger partial charge in [0.05, 0.1) is 16.4 Å². The SMILES string of the molecule is CO[C@]1(C(O)S(=O)(=O)c2ccccc2C)O[C@H]2COC(C)(C)O[C@H]2[C@@]1(O)S(=O)(=O)c1ccccc1C. The molecule has 0 saturated carbocycles. The molecule has 0 amide bonds. The van der Waals surface area contributed by atoms with Crippen molar-refractivity contribution in [1.82, 2.24) is 0 Å². The van der Waals surface area contributed by atoms with Crippen molar-refractivity contribution < 1.29 is 46.0 Å². The maximum atomic E-state index is 14.2. The van der Waals surface area contributed by atoms with Gasteiger partial charge in [-0.3, -0.25) is 0 Å². The number of aliphatic hydroxyl groups is 2. The van der Waals surface area contributed by atoms with E-state index in [1.807, 2.05) is 0 Å². The van der Waals surface area contributed by atoms with Crippen molar-refractivity contribution in [3.63, 3.8) is 0 Å². The molecule has 0 aromatic heterocycles. The van der Waals surface area contributed by atoms with E-state index < -0.39 is 53.8 Å². The molecule has 2 aliphatic heterocycles. The fourth-order valence-corrected chi connectivity index (χ4v) is 8.87. The Hall–Kier alpha value is -1.90. The highest BCUT2D eigenvalue weighted by Gasteiger charge is 2.79. The molecular formula is C24H30O10S2. The van der Waals surface area contributed by atoms with Gasteiger partial charge in [0.15, 0.2) is 5.79 Å². The highest BCUT2D eigenvalue weighted by atomic mass is 32.2. The Morgan fingerprint density at radius 2 is 1.47 bits per heavy atom. The van der Waals surface area contributed by atoms with Gasteiger partial charge in [0.1, 0.15) is 12.2 Å². The molecule has 1 unspecified atom stereocenters. The molecule has 2 aromatic rings. The van der Waals surface area contributed by atoms with Gasteiger partial charge in [0.25, 0.3) is 10.7 Å². The van der Waals surface area contributed by atoms with Crippen molar-refractivity contribution in [2.45, 2.75) is 71.6 Å². The Morgan fingerprint density at radius 1 is 0.944 bits per heavy atom. The fraction of sp³-hybridized carbons (Fsp3) is 0.500. The molecule has 2 aliphatic rings. The van der Waals surface area contributed by atoms with Gasteiger partial charge < -0.3 is 29.2 Å². The lowest BCUT2D eigenvalue weighted by atomic mass is 10.0. The van der Waals surface area contributed by atoms with Crippen LogP contribution in [0.4, 0.5) is 0 Å². The third-order valence-electron chi connectivity index (χ3n) is 6.67. The van der Waals surface area contributed by atoms with Crippen LogP contribution in [0, 0.1) is 13.8 Å². The van der Waals surface area contributed by atoms with Gasteiger partial charge in [-0.1, -0.05) is 36.4 Å². The summed E-state index contributed by atoms with van der Waals surface area (Å²) in [6.07, 6.45) is -2.96. The summed E-state index contributed by atoms with van der Waals surface area (Å²) in [6.45, 7) is 5.80. The van der Waals surface area contributed by atoms with Crippen molar-refractivity contribution >= 4 is 19.7 Å². The standard InChI is InChI=1S/C24H30O10S2/c1-15-10-6-8-12-18(15)35(27,28)21(25)24(31-5)23(26,20-17(33-24)14-32-22(3,4)34-20)36(29,30)19-13-9-7-11-16(19)2/h6-13,17,20-21,25-26H,14H2,1-5H3/t17-,20+,21?,23+,24+/m0/s1. The van der Waals surface area contributed by atoms with E-state index in [0.717, 1.165) is 7.11 Å². The molecular weight excluding hydrogens is 512 g/mol. The number of sulfone groups is 2. The quantitative estimate of drug-likeness (QED) is 0.550. The summed E-state index contributed by atoms with van der Waals surface area (Å²) >= 11 is 0. The topological polar surface area (TPSA) is 146 Å². The van der Waals surface area contributed by atoms with Crippen LogP contribution in [0.15, 0.2) is 58.3 Å². The maximum absolute atomic E-state index is 14.2. The van der Waals surface area contributed by atoms with Gasteiger partial charge in [-0.2, -0.15) is 0 Å². The molecule has 10 nitrogen and oxygen atoms in total. The Kier molecular flexibility index (Phi) is 6.67. The van der Waals surface area contributed by atoms with Gasteiger partial charge in [0, 0.05) is 7.11 Å². The molecule has 2 saturated heterocycles. The van der Waals surface area contributed by atoms with E-state index in [2.05, 4.69) is 0 Å². The van der Waals surface area contributed by atoms with Crippen molar-refractivity contribution in [3.05, 3.63) is 59.7 Å². The van der Waals surface area contributed by atoms with Crippen LogP contribution in [0.1, 0.15) is 25.0 Å². The first-order chi connectivity index (χ1) is 16.7. The van der Waals surface area contributed by atoms with E-state index in [0.29, 0.717) is 5.56 Å². The zero-order chi connectivity index (χ0) is 26.7. The van der Waals surface area contributed by atoms with Crippen molar-refractivity contribution in [2.24, 2.45) is 0 Å². The van der Waals surface area contributed by atoms with E-state index in [1.165, 1.54) is 64.1 Å². The molecule has 4 rings (SSSR count). The molecule has 2 aromatic carbocycles. The highest BCUT2D eigenvalue weighted by molar-refractivity contribution is 7.93. The Morgan fingerprint density at radius 3 is 2.00 bits per heavy atom. The molecule has 0 bridgehead atoms. The fourth-order valence-electron chi connectivity index (χ4n) is 4.82. The first kappa shape index (κ1) is 27.1. The van der Waals surface area contributed by atoms with Crippen LogP contribution in [-0.2, 0) is 38.6 Å². The first-order valence-corrected chi connectivity index (χ1v) is 14.2. The first-order valence-electron chi connectivity index (χ1n) is 11.2. The summed E-state index contributed by atoms with van der Waals surface area (Å²) in [4.78, 5) is -3.78. The number of fused-ring (bicyclic) bond motifs is 1. The second kappa shape index (κ2) is 8.84. The molecule has 2 N–H and O–H groups in total. The summed E-state index contributed by atoms with van der Waals surface area (Å²) in [5.74, 6) is -4.36. The Bertz CT molecular complexity index is 1370. The lowest BCUT2D eigenvalue weighted by Crippen LogP contribution is -2.70. The maximum Gasteiger partial charge on any atom is 0.258 e. The minimum atomic E-state index is -4.91. The minimum absolute atomic E-state index is 0.258. The number of rotatable bonds is 6. The van der Waals surface area contributed by atoms with Crippen LogP contribution in [0.2, 0.25) is 0 Å². The molecule has 0 aliphatic carbocycles. The summed E-state index contributed by atoms with van der Waals surface area (Å²) < 4.78 is 78.4. The number of methoxy groups -OCH3 is 1. The lowest BCUT2D eigenvalue weighted by molar-refractivity contribution is -0.305. The predicted molar refractivity (Wildman–Crippen MR) is 127 cm³/mol. The molecule has 2 fully saturated rings. The number of hydrogen-bond acceptors (Lipinski definition) is 10. The van der Waals surface area contributed by atoms with Gasteiger partial charge in [-0.15, -0.1) is 0 Å². The van der Waals surface area contributed by atoms with E-state index in [9.17, 15) is 27.0 Å². The van der Waals surface area contributed by atoms with Crippen LogP contribution in [0.25, 0.3) is 0 Å². The summed E-state index contributed by atoms with van der Waals surface area (Å²) in [5.41, 5.74) is -2.09. The molecule has 36 heavy (non-hydrogen) atoms. The van der Waals surface area contributed by atoms with E-state index in [4.69, 9.17) is 18.9 Å². The number of aryl methyl sites for hydroxylation is 2. The molecule has 5 atom stereocenters. The number of aliphatic hydroxyl groups excluding tert-OH is 1. The summed E-state index contributed by atoms with van der Waals surface area (Å²) in [6, 6.07) is 11.7. The number of benzene rings is 2. The Labute approximate surface area is 210 Å². The Balaban J connectivity index is 2.00. The van der Waals surface area contributed by atoms with Gasteiger partial charge in [-0.25, -0.2) is 16.8 Å². The van der Waals surface area contributed by atoms with Crippen LogP contribution < -0.4 is 0 Å². The smallest absolute Gasteiger partial charge is 0.258 e. The zero-order valence-corrected chi connectivity index (χ0v) is 22.2. The van der Waals surface area contributed by atoms with Crippen molar-refractivity contribution in [2.75, 3.05) is 13.7 Å². The summed E-state index contributed by atoms with van der Waals surface area (Å²) in [7, 11) is -8.68. The predicted octanol–water partition coefficient (Wildman–Crippen LogP) is 1.45. The second-order valence-electron chi connectivity index (χ2n) is 9.41.